The van der Waals surface area contributed by atoms with Crippen LogP contribution in [-0.2, 0) is 0 Å². The highest BCUT2D eigenvalue weighted by Crippen LogP contribution is 2.28. The van der Waals surface area contributed by atoms with Gasteiger partial charge in [0.15, 0.2) is 0 Å². The van der Waals surface area contributed by atoms with E-state index in [0.29, 0.717) is 5.15 Å². The first kappa shape index (κ1) is 14.9. The quantitative estimate of drug-likeness (QED) is 0.658. The molecule has 0 aliphatic heterocycles. The number of methoxy groups -OCH3 is 1. The third kappa shape index (κ3) is 3.52. The van der Waals surface area contributed by atoms with Gasteiger partial charge in [-0.2, -0.15) is 0 Å². The van der Waals surface area contributed by atoms with E-state index in [1.165, 1.54) is 0 Å². The van der Waals surface area contributed by atoms with Gasteiger partial charge in [0.05, 0.1) is 13.2 Å². The van der Waals surface area contributed by atoms with Crippen molar-refractivity contribution < 1.29 is 4.74 Å². The second-order valence-corrected chi connectivity index (χ2v) is 4.91. The van der Waals surface area contributed by atoms with Gasteiger partial charge in [0, 0.05) is 17.4 Å². The van der Waals surface area contributed by atoms with Crippen LogP contribution in [0.1, 0.15) is 24.9 Å². The van der Waals surface area contributed by atoms with Crippen LogP contribution in [0.25, 0.3) is 0 Å². The lowest BCUT2D eigenvalue weighted by molar-refractivity contribution is 0.415. The molecule has 106 valence electrons. The van der Waals surface area contributed by atoms with Crippen molar-refractivity contribution in [3.63, 3.8) is 0 Å². The zero-order valence-corrected chi connectivity index (χ0v) is 12.7. The molecule has 1 N–H and O–H groups in total. The van der Waals surface area contributed by atoms with Crippen molar-refractivity contribution in [1.29, 1.82) is 0 Å². The van der Waals surface area contributed by atoms with Crippen LogP contribution in [0.4, 0.5) is 5.69 Å². The van der Waals surface area contributed by atoms with Crippen molar-refractivity contribution in [2.75, 3.05) is 12.4 Å². The van der Waals surface area contributed by atoms with Crippen LogP contribution in [0, 0.1) is 0 Å². The van der Waals surface area contributed by atoms with E-state index in [1.54, 1.807) is 13.3 Å². The summed E-state index contributed by atoms with van der Waals surface area (Å²) in [4.78, 5) is 7.96. The first-order chi connectivity index (χ1) is 9.63. The molecule has 20 heavy (non-hydrogen) atoms. The van der Waals surface area contributed by atoms with Gasteiger partial charge in [-0.15, -0.1) is 0 Å². The van der Waals surface area contributed by atoms with Gasteiger partial charge in [-0.3, -0.25) is 0 Å². The molecule has 2 rings (SSSR count). The highest BCUT2D eigenvalue weighted by atomic mass is 35.5. The molecule has 0 saturated heterocycles. The number of hydrogen-bond donors (Lipinski definition) is 1. The van der Waals surface area contributed by atoms with Crippen molar-refractivity contribution in [2.24, 2.45) is 0 Å². The van der Waals surface area contributed by atoms with Gasteiger partial charge in [-0.1, -0.05) is 18.5 Å². The molecular formula is C14H15Cl2N3O. The third-order valence-electron chi connectivity index (χ3n) is 2.95. The molecule has 0 amide bonds. The number of nitrogens with one attached hydrogen (secondary N) is 1. The van der Waals surface area contributed by atoms with E-state index in [9.17, 15) is 0 Å². The number of benzene rings is 1. The molecule has 1 unspecified atom stereocenters. The maximum atomic E-state index is 6.12. The van der Waals surface area contributed by atoms with Gasteiger partial charge in [0.1, 0.15) is 10.9 Å². The first-order valence-corrected chi connectivity index (χ1v) is 6.98. The Hall–Kier alpha value is -1.52. The largest absolute Gasteiger partial charge is 0.497 e. The average Bonchev–Trinajstić information content (AvgIpc) is 2.46. The zero-order valence-electron chi connectivity index (χ0n) is 11.2. The molecular weight excluding hydrogens is 297 g/mol. The predicted octanol–water partition coefficient (Wildman–Crippen LogP) is 4.36. The Labute approximate surface area is 128 Å². The number of rotatable bonds is 5. The standard InChI is InChI=1S/C14H15Cl2N3O/c1-3-12(11-8-17-14(16)19-13(11)15)18-9-4-6-10(20-2)7-5-9/h4-8,12,18H,3H2,1-2H3. The van der Waals surface area contributed by atoms with Crippen LogP contribution < -0.4 is 10.1 Å². The molecule has 6 heteroatoms. The lowest BCUT2D eigenvalue weighted by Gasteiger charge is -2.19. The SMILES string of the molecule is CCC(Nc1ccc(OC)cc1)c1cnc(Cl)nc1Cl. The van der Waals surface area contributed by atoms with Gasteiger partial charge >= 0.3 is 0 Å². The molecule has 2 aromatic rings. The van der Waals surface area contributed by atoms with Crippen molar-refractivity contribution in [3.05, 3.63) is 46.5 Å². The first-order valence-electron chi connectivity index (χ1n) is 6.22. The highest BCUT2D eigenvalue weighted by molar-refractivity contribution is 6.32. The van der Waals surface area contributed by atoms with Crippen molar-refractivity contribution >= 4 is 28.9 Å². The van der Waals surface area contributed by atoms with Gasteiger partial charge in [0.25, 0.3) is 0 Å². The summed E-state index contributed by atoms with van der Waals surface area (Å²) in [6, 6.07) is 7.72. The Morgan fingerprint density at radius 3 is 2.50 bits per heavy atom. The average molecular weight is 312 g/mol. The van der Waals surface area contributed by atoms with Crippen LogP contribution in [0.2, 0.25) is 10.4 Å². The Balaban J connectivity index is 2.19. The normalized spacial score (nSPS) is 12.0. The minimum atomic E-state index is 0.0214. The molecule has 4 nitrogen and oxygen atoms in total. The molecule has 0 bridgehead atoms. The highest BCUT2D eigenvalue weighted by Gasteiger charge is 2.15. The van der Waals surface area contributed by atoms with Crippen LogP contribution >= 0.6 is 23.2 Å². The summed E-state index contributed by atoms with van der Waals surface area (Å²) in [5.74, 6) is 0.816. The fourth-order valence-corrected chi connectivity index (χ4v) is 2.31. The van der Waals surface area contributed by atoms with Gasteiger partial charge < -0.3 is 10.1 Å². The monoisotopic (exact) mass is 311 g/mol. The molecule has 0 aliphatic rings. The molecule has 1 aromatic carbocycles. The second kappa shape index (κ2) is 6.77. The summed E-state index contributed by atoms with van der Waals surface area (Å²) >= 11 is 11.8. The maximum Gasteiger partial charge on any atom is 0.223 e. The Bertz CT molecular complexity index is 575. The molecule has 1 aromatic heterocycles. The van der Waals surface area contributed by atoms with Crippen LogP contribution in [0.5, 0.6) is 5.75 Å². The van der Waals surface area contributed by atoms with Crippen molar-refractivity contribution in [2.45, 2.75) is 19.4 Å². The van der Waals surface area contributed by atoms with E-state index in [0.717, 1.165) is 23.4 Å². The summed E-state index contributed by atoms with van der Waals surface area (Å²) in [6.45, 7) is 2.06. The van der Waals surface area contributed by atoms with Crippen LogP contribution in [0.15, 0.2) is 30.5 Å². The zero-order chi connectivity index (χ0) is 14.5. The number of anilines is 1. The fraction of sp³-hybridized carbons (Fsp3) is 0.286. The minimum absolute atomic E-state index is 0.0214. The summed E-state index contributed by atoms with van der Waals surface area (Å²) in [5, 5.41) is 3.92. The van der Waals surface area contributed by atoms with Gasteiger partial charge in [-0.25, -0.2) is 9.97 Å². The number of ether oxygens (including phenoxy) is 1. The number of aromatic nitrogens is 2. The molecule has 0 radical (unpaired) electrons. The van der Waals surface area contributed by atoms with E-state index in [1.807, 2.05) is 24.3 Å². The molecule has 0 fully saturated rings. The molecule has 0 aliphatic carbocycles. The number of hydrogen-bond acceptors (Lipinski definition) is 4. The molecule has 0 saturated carbocycles. The Kier molecular flexibility index (Phi) is 5.04. The summed E-state index contributed by atoms with van der Waals surface area (Å²) in [5.41, 5.74) is 1.80. The minimum Gasteiger partial charge on any atom is -0.497 e. The van der Waals surface area contributed by atoms with Crippen molar-refractivity contribution in [3.8, 4) is 5.75 Å². The van der Waals surface area contributed by atoms with E-state index in [2.05, 4.69) is 22.2 Å². The topological polar surface area (TPSA) is 47.0 Å². The summed E-state index contributed by atoms with van der Waals surface area (Å²) in [7, 11) is 1.64. The van der Waals surface area contributed by atoms with Crippen LogP contribution in [-0.4, -0.2) is 17.1 Å². The summed E-state index contributed by atoms with van der Waals surface area (Å²) < 4.78 is 5.13. The molecule has 1 heterocycles. The smallest absolute Gasteiger partial charge is 0.223 e. The fourth-order valence-electron chi connectivity index (χ4n) is 1.87. The van der Waals surface area contributed by atoms with Crippen LogP contribution in [0.3, 0.4) is 0 Å². The predicted molar refractivity (Wildman–Crippen MR) is 81.7 cm³/mol. The molecule has 1 atom stereocenters. The number of halogens is 2. The lowest BCUT2D eigenvalue weighted by Crippen LogP contribution is -2.11. The van der Waals surface area contributed by atoms with Gasteiger partial charge in [-0.05, 0) is 42.3 Å². The van der Waals surface area contributed by atoms with Crippen molar-refractivity contribution in [1.82, 2.24) is 9.97 Å². The maximum absolute atomic E-state index is 6.12. The number of nitrogens with zero attached hydrogens (tertiary/aromatic N) is 2. The van der Waals surface area contributed by atoms with E-state index in [4.69, 9.17) is 27.9 Å². The van der Waals surface area contributed by atoms with E-state index in [-0.39, 0.29) is 11.3 Å². The van der Waals surface area contributed by atoms with E-state index < -0.39 is 0 Å². The van der Waals surface area contributed by atoms with Gasteiger partial charge in [0.2, 0.25) is 5.28 Å². The van der Waals surface area contributed by atoms with E-state index >= 15 is 0 Å². The lowest BCUT2D eigenvalue weighted by atomic mass is 10.1. The molecule has 0 spiro atoms. The third-order valence-corrected chi connectivity index (χ3v) is 3.44. The second-order valence-electron chi connectivity index (χ2n) is 4.22. The Morgan fingerprint density at radius 2 is 1.95 bits per heavy atom. The summed E-state index contributed by atoms with van der Waals surface area (Å²) in [6.07, 6.45) is 2.50. The Morgan fingerprint density at radius 1 is 1.25 bits per heavy atom.